The smallest absolute Gasteiger partial charge is 0.343 e. The molecule has 0 unspecified atom stereocenters. The average Bonchev–Trinajstić information content (AvgIpc) is 3.13. The van der Waals surface area contributed by atoms with E-state index in [2.05, 4.69) is 0 Å². The van der Waals surface area contributed by atoms with Crippen molar-refractivity contribution in [3.63, 3.8) is 0 Å². The second kappa shape index (κ2) is 8.85. The Labute approximate surface area is 184 Å². The van der Waals surface area contributed by atoms with Gasteiger partial charge < -0.3 is 23.7 Å². The summed E-state index contributed by atoms with van der Waals surface area (Å²) >= 11 is 0. The van der Waals surface area contributed by atoms with Crippen molar-refractivity contribution in [2.75, 3.05) is 21.3 Å². The summed E-state index contributed by atoms with van der Waals surface area (Å²) in [5, 5.41) is 0. The predicted octanol–water partition coefficient (Wildman–Crippen LogP) is 4.55. The van der Waals surface area contributed by atoms with Crippen LogP contribution in [0.25, 0.3) is 6.08 Å². The van der Waals surface area contributed by atoms with Crippen LogP contribution in [-0.2, 0) is 0 Å². The van der Waals surface area contributed by atoms with E-state index >= 15 is 0 Å². The Morgan fingerprint density at radius 1 is 0.812 bits per heavy atom. The predicted molar refractivity (Wildman–Crippen MR) is 117 cm³/mol. The van der Waals surface area contributed by atoms with Gasteiger partial charge in [-0.2, -0.15) is 0 Å². The van der Waals surface area contributed by atoms with E-state index < -0.39 is 5.97 Å². The number of rotatable bonds is 6. The molecule has 4 rings (SSSR count). The second-order valence-corrected chi connectivity index (χ2v) is 6.83. The van der Waals surface area contributed by atoms with Gasteiger partial charge in [0.2, 0.25) is 5.78 Å². The highest BCUT2D eigenvalue weighted by Crippen LogP contribution is 2.35. The molecule has 0 aromatic heterocycles. The minimum atomic E-state index is -0.579. The van der Waals surface area contributed by atoms with Gasteiger partial charge in [0, 0.05) is 6.07 Å². The molecule has 0 spiro atoms. The molecule has 162 valence electrons. The number of hydrogen-bond acceptors (Lipinski definition) is 7. The molecule has 1 heterocycles. The lowest BCUT2D eigenvalue weighted by atomic mass is 10.1. The Bertz CT molecular complexity index is 1210. The molecule has 1 aliphatic heterocycles. The summed E-state index contributed by atoms with van der Waals surface area (Å²) in [6.07, 6.45) is 1.65. The van der Waals surface area contributed by atoms with E-state index in [4.69, 9.17) is 23.7 Å². The first kappa shape index (κ1) is 21.0. The first-order valence-electron chi connectivity index (χ1n) is 9.69. The largest absolute Gasteiger partial charge is 0.497 e. The normalized spacial score (nSPS) is 13.3. The van der Waals surface area contributed by atoms with Gasteiger partial charge >= 0.3 is 5.97 Å². The standard InChI is InChI=1S/C25H20O7/c1-28-17-7-4-15(5-8-17)12-23-24(26)19-10-9-18(14-21(19)32-23)31-25(27)16-6-11-20(29-2)22(13-16)30-3/h4-14H,1-3H3. The maximum atomic E-state index is 12.7. The number of esters is 1. The lowest BCUT2D eigenvalue weighted by Gasteiger charge is -2.10. The Kier molecular flexibility index (Phi) is 5.81. The van der Waals surface area contributed by atoms with Crippen molar-refractivity contribution < 1.29 is 33.3 Å². The average molecular weight is 432 g/mol. The molecular formula is C25H20O7. The first-order valence-corrected chi connectivity index (χ1v) is 9.69. The summed E-state index contributed by atoms with van der Waals surface area (Å²) in [6, 6.07) is 16.6. The number of carbonyl (C=O) groups excluding carboxylic acids is 2. The van der Waals surface area contributed by atoms with Crippen LogP contribution in [0.2, 0.25) is 0 Å². The molecule has 3 aromatic carbocycles. The lowest BCUT2D eigenvalue weighted by molar-refractivity contribution is 0.0734. The zero-order valence-electron chi connectivity index (χ0n) is 17.7. The van der Waals surface area contributed by atoms with Gasteiger partial charge in [0.05, 0.1) is 32.5 Å². The van der Waals surface area contributed by atoms with E-state index in [1.807, 2.05) is 12.1 Å². The van der Waals surface area contributed by atoms with Crippen LogP contribution in [0.1, 0.15) is 26.3 Å². The summed E-state index contributed by atoms with van der Waals surface area (Å²) in [7, 11) is 4.58. The van der Waals surface area contributed by atoms with Crippen molar-refractivity contribution in [1.82, 2.24) is 0 Å². The maximum absolute atomic E-state index is 12.7. The summed E-state index contributed by atoms with van der Waals surface area (Å²) < 4.78 is 26.7. The van der Waals surface area contributed by atoms with Gasteiger partial charge in [-0.1, -0.05) is 12.1 Å². The molecule has 0 atom stereocenters. The van der Waals surface area contributed by atoms with E-state index in [1.54, 1.807) is 49.6 Å². The van der Waals surface area contributed by atoms with Gasteiger partial charge in [0.1, 0.15) is 17.2 Å². The van der Waals surface area contributed by atoms with E-state index in [1.165, 1.54) is 26.4 Å². The third kappa shape index (κ3) is 4.13. The zero-order chi connectivity index (χ0) is 22.7. The molecule has 0 N–H and O–H groups in total. The van der Waals surface area contributed by atoms with Gasteiger partial charge in [-0.15, -0.1) is 0 Å². The molecule has 0 saturated carbocycles. The molecule has 32 heavy (non-hydrogen) atoms. The van der Waals surface area contributed by atoms with E-state index in [-0.39, 0.29) is 17.3 Å². The number of ether oxygens (including phenoxy) is 5. The zero-order valence-corrected chi connectivity index (χ0v) is 17.7. The van der Waals surface area contributed by atoms with Gasteiger partial charge in [-0.25, -0.2) is 4.79 Å². The maximum Gasteiger partial charge on any atom is 0.343 e. The van der Waals surface area contributed by atoms with Crippen molar-refractivity contribution in [3.05, 3.63) is 83.1 Å². The number of hydrogen-bond donors (Lipinski definition) is 0. The number of fused-ring (bicyclic) bond motifs is 1. The van der Waals surface area contributed by atoms with E-state index in [0.717, 1.165) is 11.3 Å². The first-order chi connectivity index (χ1) is 15.5. The third-order valence-corrected chi connectivity index (χ3v) is 4.88. The summed E-state index contributed by atoms with van der Waals surface area (Å²) in [5.74, 6) is 1.58. The van der Waals surface area contributed by atoms with Crippen LogP contribution in [0, 0.1) is 0 Å². The van der Waals surface area contributed by atoms with Crippen LogP contribution < -0.4 is 23.7 Å². The molecular weight excluding hydrogens is 412 g/mol. The Morgan fingerprint density at radius 2 is 1.53 bits per heavy atom. The summed E-state index contributed by atoms with van der Waals surface area (Å²) in [4.78, 5) is 25.2. The molecule has 0 fully saturated rings. The molecule has 0 amide bonds. The van der Waals surface area contributed by atoms with Gasteiger partial charge in [-0.05, 0) is 54.1 Å². The fourth-order valence-corrected chi connectivity index (χ4v) is 3.21. The van der Waals surface area contributed by atoms with Gasteiger partial charge in [0.15, 0.2) is 17.3 Å². The highest BCUT2D eigenvalue weighted by Gasteiger charge is 2.28. The topological polar surface area (TPSA) is 80.3 Å². The molecule has 1 aliphatic rings. The summed E-state index contributed by atoms with van der Waals surface area (Å²) in [6.45, 7) is 0. The number of carbonyl (C=O) groups is 2. The van der Waals surface area contributed by atoms with E-state index in [0.29, 0.717) is 28.4 Å². The molecule has 3 aromatic rings. The highest BCUT2D eigenvalue weighted by molar-refractivity contribution is 6.14. The van der Waals surface area contributed by atoms with Gasteiger partial charge in [-0.3, -0.25) is 4.79 Å². The van der Waals surface area contributed by atoms with Crippen LogP contribution in [0.3, 0.4) is 0 Å². The van der Waals surface area contributed by atoms with Gasteiger partial charge in [0.25, 0.3) is 0 Å². The van der Waals surface area contributed by atoms with Crippen molar-refractivity contribution in [3.8, 4) is 28.7 Å². The molecule has 7 heteroatoms. The molecule has 0 radical (unpaired) electrons. The quantitative estimate of drug-likeness (QED) is 0.321. The molecule has 0 bridgehead atoms. The van der Waals surface area contributed by atoms with E-state index in [9.17, 15) is 9.59 Å². The van der Waals surface area contributed by atoms with Crippen LogP contribution in [-0.4, -0.2) is 33.1 Å². The number of benzene rings is 3. The third-order valence-electron chi connectivity index (χ3n) is 4.88. The fourth-order valence-electron chi connectivity index (χ4n) is 3.21. The Hall–Kier alpha value is -4.26. The van der Waals surface area contributed by atoms with Crippen LogP contribution in [0.5, 0.6) is 28.7 Å². The minimum absolute atomic E-state index is 0.188. The Balaban J connectivity index is 1.52. The van der Waals surface area contributed by atoms with Crippen LogP contribution in [0.15, 0.2) is 66.4 Å². The SMILES string of the molecule is COc1ccc(C=C2Oc3cc(OC(=O)c4ccc(OC)c(OC)c4)ccc3C2=O)cc1. The van der Waals surface area contributed by atoms with Crippen LogP contribution in [0.4, 0.5) is 0 Å². The number of methoxy groups -OCH3 is 3. The second-order valence-electron chi connectivity index (χ2n) is 6.83. The number of Topliss-reactive ketones (excluding diaryl/α,β-unsaturated/α-hetero) is 1. The number of allylic oxidation sites excluding steroid dienone is 1. The molecule has 0 saturated heterocycles. The summed E-state index contributed by atoms with van der Waals surface area (Å²) in [5.41, 5.74) is 1.48. The lowest BCUT2D eigenvalue weighted by Crippen LogP contribution is -2.09. The van der Waals surface area contributed by atoms with Crippen LogP contribution >= 0.6 is 0 Å². The molecule has 0 aliphatic carbocycles. The van der Waals surface area contributed by atoms with Crippen molar-refractivity contribution in [1.29, 1.82) is 0 Å². The highest BCUT2D eigenvalue weighted by atomic mass is 16.5. The van der Waals surface area contributed by atoms with Crippen molar-refractivity contribution >= 4 is 17.8 Å². The van der Waals surface area contributed by atoms with Crippen molar-refractivity contribution in [2.45, 2.75) is 0 Å². The minimum Gasteiger partial charge on any atom is -0.497 e. The van der Waals surface area contributed by atoms with Crippen molar-refractivity contribution in [2.24, 2.45) is 0 Å². The molecule has 7 nitrogen and oxygen atoms in total. The fraction of sp³-hybridized carbons (Fsp3) is 0.120. The monoisotopic (exact) mass is 432 g/mol. The Morgan fingerprint density at radius 3 is 2.22 bits per heavy atom. The number of ketones is 1.